The van der Waals surface area contributed by atoms with E-state index < -0.39 is 0 Å². The van der Waals surface area contributed by atoms with Crippen molar-refractivity contribution in [2.45, 2.75) is 20.4 Å². The zero-order valence-electron chi connectivity index (χ0n) is 13.3. The third-order valence-electron chi connectivity index (χ3n) is 3.75. The molecule has 0 aliphatic carbocycles. The van der Waals surface area contributed by atoms with E-state index in [0.29, 0.717) is 22.9 Å². The fourth-order valence-corrected chi connectivity index (χ4v) is 2.47. The number of hydrogen-bond acceptors (Lipinski definition) is 4. The Kier molecular flexibility index (Phi) is 3.97. The highest BCUT2D eigenvalue weighted by Gasteiger charge is 2.17. The molecule has 2 aromatic heterocycles. The molecule has 0 bridgehead atoms. The standard InChI is InChI=1S/C17H18N4O2/c1-11-16(12(2)21(3)20-11)17(22)19-10-15-18-9-14(23-15)13-7-5-4-6-8-13/h4-9H,10H2,1-3H3,(H,19,22). The first-order chi connectivity index (χ1) is 11.1. The largest absolute Gasteiger partial charge is 0.439 e. The smallest absolute Gasteiger partial charge is 0.255 e. The van der Waals surface area contributed by atoms with Crippen LogP contribution in [0.3, 0.4) is 0 Å². The van der Waals surface area contributed by atoms with Crippen LogP contribution < -0.4 is 5.32 Å². The van der Waals surface area contributed by atoms with Crippen LogP contribution in [0.4, 0.5) is 0 Å². The zero-order valence-corrected chi connectivity index (χ0v) is 13.3. The first kappa shape index (κ1) is 15.0. The van der Waals surface area contributed by atoms with Crippen molar-refractivity contribution < 1.29 is 9.21 Å². The van der Waals surface area contributed by atoms with Crippen molar-refractivity contribution in [3.63, 3.8) is 0 Å². The van der Waals surface area contributed by atoms with Crippen molar-refractivity contribution in [2.75, 3.05) is 0 Å². The van der Waals surface area contributed by atoms with Crippen molar-refractivity contribution in [1.29, 1.82) is 0 Å². The second-order valence-electron chi connectivity index (χ2n) is 5.34. The van der Waals surface area contributed by atoms with Crippen LogP contribution in [-0.2, 0) is 13.6 Å². The fourth-order valence-electron chi connectivity index (χ4n) is 2.47. The van der Waals surface area contributed by atoms with Crippen LogP contribution >= 0.6 is 0 Å². The Hall–Kier alpha value is -2.89. The van der Waals surface area contributed by atoms with E-state index >= 15 is 0 Å². The predicted molar refractivity (Wildman–Crippen MR) is 85.8 cm³/mol. The van der Waals surface area contributed by atoms with Crippen LogP contribution in [-0.4, -0.2) is 20.7 Å². The number of oxazole rings is 1. The Morgan fingerprint density at radius 1 is 1.26 bits per heavy atom. The number of hydrogen-bond donors (Lipinski definition) is 1. The molecule has 3 rings (SSSR count). The molecule has 0 aliphatic rings. The van der Waals surface area contributed by atoms with Gasteiger partial charge in [0.05, 0.1) is 24.0 Å². The van der Waals surface area contributed by atoms with Crippen molar-refractivity contribution in [3.8, 4) is 11.3 Å². The van der Waals surface area contributed by atoms with E-state index in [4.69, 9.17) is 4.42 Å². The van der Waals surface area contributed by atoms with Crippen molar-refractivity contribution in [3.05, 3.63) is 59.4 Å². The number of benzene rings is 1. The lowest BCUT2D eigenvalue weighted by Gasteiger charge is -2.03. The summed E-state index contributed by atoms with van der Waals surface area (Å²) in [6.07, 6.45) is 1.66. The summed E-state index contributed by atoms with van der Waals surface area (Å²) in [5, 5.41) is 7.07. The van der Waals surface area contributed by atoms with E-state index in [1.165, 1.54) is 0 Å². The third kappa shape index (κ3) is 3.01. The molecule has 3 aromatic rings. The Balaban J connectivity index is 1.69. The van der Waals surface area contributed by atoms with Gasteiger partial charge in [0, 0.05) is 18.3 Å². The lowest BCUT2D eigenvalue weighted by molar-refractivity contribution is 0.0946. The summed E-state index contributed by atoms with van der Waals surface area (Å²) in [6, 6.07) is 9.72. The normalized spacial score (nSPS) is 10.7. The fraction of sp³-hybridized carbons (Fsp3) is 0.235. The minimum absolute atomic E-state index is 0.174. The predicted octanol–water partition coefficient (Wildman–Crippen LogP) is 2.62. The Morgan fingerprint density at radius 2 is 2.00 bits per heavy atom. The van der Waals surface area contributed by atoms with Crippen LogP contribution in [0.15, 0.2) is 40.9 Å². The van der Waals surface area contributed by atoms with Gasteiger partial charge < -0.3 is 9.73 Å². The van der Waals surface area contributed by atoms with Gasteiger partial charge in [0.15, 0.2) is 5.76 Å². The van der Waals surface area contributed by atoms with Crippen LogP contribution in [0.25, 0.3) is 11.3 Å². The van der Waals surface area contributed by atoms with E-state index in [-0.39, 0.29) is 12.5 Å². The summed E-state index contributed by atoms with van der Waals surface area (Å²) >= 11 is 0. The molecule has 0 spiro atoms. The minimum atomic E-state index is -0.174. The van der Waals surface area contributed by atoms with Crippen LogP contribution in [0.5, 0.6) is 0 Å². The molecule has 0 atom stereocenters. The molecule has 118 valence electrons. The van der Waals surface area contributed by atoms with Gasteiger partial charge in [0.1, 0.15) is 0 Å². The van der Waals surface area contributed by atoms with Crippen LogP contribution in [0, 0.1) is 13.8 Å². The summed E-state index contributed by atoms with van der Waals surface area (Å²) in [7, 11) is 1.82. The molecule has 1 aromatic carbocycles. The summed E-state index contributed by atoms with van der Waals surface area (Å²) in [5.74, 6) is 0.979. The molecule has 6 heteroatoms. The van der Waals surface area contributed by atoms with Crippen molar-refractivity contribution in [1.82, 2.24) is 20.1 Å². The number of aryl methyl sites for hydroxylation is 2. The number of carbonyl (C=O) groups is 1. The van der Waals surface area contributed by atoms with Crippen LogP contribution in [0.2, 0.25) is 0 Å². The van der Waals surface area contributed by atoms with Gasteiger partial charge in [-0.15, -0.1) is 0 Å². The Labute approximate surface area is 134 Å². The molecular formula is C17H18N4O2. The highest BCUT2D eigenvalue weighted by Crippen LogP contribution is 2.19. The van der Waals surface area contributed by atoms with E-state index in [9.17, 15) is 4.79 Å². The Bertz CT molecular complexity index is 834. The average molecular weight is 310 g/mol. The topological polar surface area (TPSA) is 73.0 Å². The first-order valence-corrected chi connectivity index (χ1v) is 7.35. The van der Waals surface area contributed by atoms with Crippen molar-refractivity contribution >= 4 is 5.91 Å². The third-order valence-corrected chi connectivity index (χ3v) is 3.75. The molecule has 0 aliphatic heterocycles. The lowest BCUT2D eigenvalue weighted by Crippen LogP contribution is -2.24. The monoisotopic (exact) mass is 310 g/mol. The molecule has 0 fully saturated rings. The Morgan fingerprint density at radius 3 is 2.65 bits per heavy atom. The summed E-state index contributed by atoms with van der Waals surface area (Å²) in [6.45, 7) is 3.92. The molecule has 0 saturated carbocycles. The number of amides is 1. The van der Waals surface area contributed by atoms with E-state index in [1.807, 2.05) is 51.2 Å². The summed E-state index contributed by atoms with van der Waals surface area (Å²) in [5.41, 5.74) is 3.09. The van der Waals surface area contributed by atoms with Gasteiger partial charge in [0.2, 0.25) is 5.89 Å². The lowest BCUT2D eigenvalue weighted by atomic mass is 10.2. The highest BCUT2D eigenvalue weighted by atomic mass is 16.4. The summed E-state index contributed by atoms with van der Waals surface area (Å²) < 4.78 is 7.37. The van der Waals surface area contributed by atoms with Gasteiger partial charge in [-0.3, -0.25) is 9.48 Å². The minimum Gasteiger partial charge on any atom is -0.439 e. The molecule has 6 nitrogen and oxygen atoms in total. The second-order valence-corrected chi connectivity index (χ2v) is 5.34. The highest BCUT2D eigenvalue weighted by molar-refractivity contribution is 5.96. The molecular weight excluding hydrogens is 292 g/mol. The first-order valence-electron chi connectivity index (χ1n) is 7.35. The van der Waals surface area contributed by atoms with E-state index in [0.717, 1.165) is 11.3 Å². The van der Waals surface area contributed by atoms with Gasteiger partial charge in [0.25, 0.3) is 5.91 Å². The van der Waals surface area contributed by atoms with Gasteiger partial charge in [-0.1, -0.05) is 30.3 Å². The number of nitrogens with one attached hydrogen (secondary N) is 1. The molecule has 0 radical (unpaired) electrons. The average Bonchev–Trinajstić information content (AvgIpc) is 3.11. The second kappa shape index (κ2) is 6.08. The van der Waals surface area contributed by atoms with Crippen molar-refractivity contribution in [2.24, 2.45) is 7.05 Å². The molecule has 23 heavy (non-hydrogen) atoms. The number of rotatable bonds is 4. The molecule has 0 saturated heterocycles. The van der Waals surface area contributed by atoms with Crippen LogP contribution in [0.1, 0.15) is 27.6 Å². The van der Waals surface area contributed by atoms with Gasteiger partial charge in [-0.25, -0.2) is 4.98 Å². The quantitative estimate of drug-likeness (QED) is 0.804. The number of carbonyl (C=O) groups excluding carboxylic acids is 1. The SMILES string of the molecule is Cc1nn(C)c(C)c1C(=O)NCc1ncc(-c2ccccc2)o1. The maximum atomic E-state index is 12.3. The maximum absolute atomic E-state index is 12.3. The van der Waals surface area contributed by atoms with E-state index in [2.05, 4.69) is 15.4 Å². The maximum Gasteiger partial charge on any atom is 0.255 e. The zero-order chi connectivity index (χ0) is 16.4. The number of aromatic nitrogens is 3. The van der Waals surface area contributed by atoms with Gasteiger partial charge in [-0.2, -0.15) is 5.10 Å². The molecule has 1 N–H and O–H groups in total. The molecule has 2 heterocycles. The van der Waals surface area contributed by atoms with Gasteiger partial charge in [-0.05, 0) is 13.8 Å². The van der Waals surface area contributed by atoms with E-state index in [1.54, 1.807) is 10.9 Å². The molecule has 0 unspecified atom stereocenters. The number of nitrogens with zero attached hydrogens (tertiary/aromatic N) is 3. The summed E-state index contributed by atoms with van der Waals surface area (Å²) in [4.78, 5) is 16.5. The molecule has 1 amide bonds. The van der Waals surface area contributed by atoms with Gasteiger partial charge >= 0.3 is 0 Å².